The zero-order valence-electron chi connectivity index (χ0n) is 9.89. The number of hydrogen-bond acceptors (Lipinski definition) is 4. The highest BCUT2D eigenvalue weighted by Gasteiger charge is 2.17. The van der Waals surface area contributed by atoms with E-state index in [2.05, 4.69) is 5.32 Å². The maximum Gasteiger partial charge on any atom is 0.251 e. The van der Waals surface area contributed by atoms with Crippen LogP contribution in [0, 0.1) is 0 Å². The molecule has 0 saturated carbocycles. The number of amides is 1. The number of nitrogens with one attached hydrogen (secondary N) is 1. The minimum atomic E-state index is -3.35. The fourth-order valence-electron chi connectivity index (χ4n) is 1.21. The van der Waals surface area contributed by atoms with E-state index in [1.54, 1.807) is 24.3 Å². The van der Waals surface area contributed by atoms with Crippen molar-refractivity contribution >= 4 is 33.0 Å². The molecule has 7 heteroatoms. The van der Waals surface area contributed by atoms with Crippen LogP contribution in [0.4, 0.5) is 5.69 Å². The van der Waals surface area contributed by atoms with Crippen LogP contribution < -0.4 is 11.1 Å². The Kier molecular flexibility index (Phi) is 4.98. The molecule has 100 valence electrons. The number of carbonyl (C=O) groups excluding carboxylic acids is 1. The first kappa shape index (κ1) is 14.8. The van der Waals surface area contributed by atoms with Gasteiger partial charge in [-0.2, -0.15) is 0 Å². The molecule has 1 rings (SSSR count). The van der Waals surface area contributed by atoms with Gasteiger partial charge in [0.2, 0.25) is 0 Å². The molecule has 0 aromatic heterocycles. The largest absolute Gasteiger partial charge is 0.399 e. The smallest absolute Gasteiger partial charge is 0.251 e. The molecule has 1 aromatic carbocycles. The summed E-state index contributed by atoms with van der Waals surface area (Å²) in [6.45, 7) is 1.42. The van der Waals surface area contributed by atoms with Gasteiger partial charge in [-0.05, 0) is 31.2 Å². The van der Waals surface area contributed by atoms with E-state index in [0.29, 0.717) is 11.3 Å². The Morgan fingerprint density at radius 3 is 2.44 bits per heavy atom. The Morgan fingerprint density at radius 2 is 1.94 bits per heavy atom. The summed E-state index contributed by atoms with van der Waals surface area (Å²) in [5.74, 6) is -0.523. The first-order chi connectivity index (χ1) is 8.33. The summed E-state index contributed by atoms with van der Waals surface area (Å²) in [4.78, 5) is 11.6. The van der Waals surface area contributed by atoms with E-state index < -0.39 is 14.5 Å². The molecule has 0 saturated heterocycles. The molecule has 0 aliphatic heterocycles. The summed E-state index contributed by atoms with van der Waals surface area (Å²) in [5, 5.41) is 2.51. The average Bonchev–Trinajstić information content (AvgIpc) is 2.29. The molecule has 1 atom stereocenters. The van der Waals surface area contributed by atoms with Gasteiger partial charge in [0.25, 0.3) is 5.91 Å². The van der Waals surface area contributed by atoms with Gasteiger partial charge in [-0.15, -0.1) is 11.6 Å². The number of anilines is 1. The molecule has 0 heterocycles. The Morgan fingerprint density at radius 1 is 1.39 bits per heavy atom. The molecule has 0 aliphatic rings. The van der Waals surface area contributed by atoms with Crippen LogP contribution in [0.25, 0.3) is 0 Å². The third kappa shape index (κ3) is 4.19. The van der Waals surface area contributed by atoms with E-state index in [4.69, 9.17) is 17.3 Å². The fraction of sp³-hybridized carbons (Fsp3) is 0.364. The first-order valence-electron chi connectivity index (χ1n) is 5.32. The molecule has 0 bridgehead atoms. The molecule has 3 N–H and O–H groups in total. The van der Waals surface area contributed by atoms with Crippen molar-refractivity contribution in [1.82, 2.24) is 5.32 Å². The van der Waals surface area contributed by atoms with E-state index >= 15 is 0 Å². The summed E-state index contributed by atoms with van der Waals surface area (Å²) in [6.07, 6.45) is 0. The lowest BCUT2D eigenvalue weighted by atomic mass is 10.2. The van der Waals surface area contributed by atoms with Crippen LogP contribution in [0.3, 0.4) is 0 Å². The van der Waals surface area contributed by atoms with Gasteiger partial charge in [0.05, 0.1) is 5.75 Å². The molecule has 0 spiro atoms. The van der Waals surface area contributed by atoms with Crippen LogP contribution in [0.1, 0.15) is 17.3 Å². The van der Waals surface area contributed by atoms with Crippen LogP contribution >= 0.6 is 11.6 Å². The fourth-order valence-corrected chi connectivity index (χ4v) is 2.18. The second kappa shape index (κ2) is 6.06. The molecule has 0 radical (unpaired) electrons. The van der Waals surface area contributed by atoms with Gasteiger partial charge in [0, 0.05) is 17.8 Å². The lowest BCUT2D eigenvalue weighted by Crippen LogP contribution is -2.30. The number of alkyl halides is 1. The molecule has 1 aromatic rings. The van der Waals surface area contributed by atoms with Crippen molar-refractivity contribution in [3.8, 4) is 0 Å². The lowest BCUT2D eigenvalue weighted by molar-refractivity contribution is 0.0956. The molecular formula is C11H15ClN2O3S. The molecule has 18 heavy (non-hydrogen) atoms. The number of sulfone groups is 1. The summed E-state index contributed by atoms with van der Waals surface area (Å²) < 4.78 is 21.8. The summed E-state index contributed by atoms with van der Waals surface area (Å²) in [5.41, 5.74) is 6.48. The quantitative estimate of drug-likeness (QED) is 0.625. The van der Waals surface area contributed by atoms with Crippen molar-refractivity contribution in [2.45, 2.75) is 11.6 Å². The topological polar surface area (TPSA) is 89.3 Å². The van der Waals surface area contributed by atoms with Crippen LogP contribution in [-0.2, 0) is 9.84 Å². The zero-order chi connectivity index (χ0) is 13.8. The van der Waals surface area contributed by atoms with Gasteiger partial charge in [0.1, 0.15) is 4.71 Å². The summed E-state index contributed by atoms with van der Waals surface area (Å²) >= 11 is 5.50. The number of halogens is 1. The van der Waals surface area contributed by atoms with Crippen molar-refractivity contribution in [2.24, 2.45) is 0 Å². The predicted molar refractivity (Wildman–Crippen MR) is 72.3 cm³/mol. The van der Waals surface area contributed by atoms with E-state index in [1.165, 1.54) is 6.92 Å². The van der Waals surface area contributed by atoms with Crippen molar-refractivity contribution < 1.29 is 13.2 Å². The summed E-state index contributed by atoms with van der Waals surface area (Å²) in [6, 6.07) is 6.35. The van der Waals surface area contributed by atoms with Crippen molar-refractivity contribution in [3.63, 3.8) is 0 Å². The molecule has 1 unspecified atom stereocenters. The lowest BCUT2D eigenvalue weighted by Gasteiger charge is -2.07. The van der Waals surface area contributed by atoms with Gasteiger partial charge in [-0.25, -0.2) is 8.42 Å². The maximum atomic E-state index is 11.6. The van der Waals surface area contributed by atoms with Crippen molar-refractivity contribution in [2.75, 3.05) is 18.0 Å². The van der Waals surface area contributed by atoms with Gasteiger partial charge in [-0.1, -0.05) is 0 Å². The second-order valence-electron chi connectivity index (χ2n) is 3.79. The SMILES string of the molecule is CC(Cl)S(=O)(=O)CCNC(=O)c1ccc(N)cc1. The monoisotopic (exact) mass is 290 g/mol. The number of hydrogen-bond donors (Lipinski definition) is 2. The number of nitrogen functional groups attached to an aromatic ring is 1. The van der Waals surface area contributed by atoms with Crippen molar-refractivity contribution in [1.29, 1.82) is 0 Å². The van der Waals surface area contributed by atoms with E-state index in [9.17, 15) is 13.2 Å². The van der Waals surface area contributed by atoms with E-state index in [-0.39, 0.29) is 18.2 Å². The average molecular weight is 291 g/mol. The Labute approximate surface area is 111 Å². The normalized spacial score (nSPS) is 13.0. The zero-order valence-corrected chi connectivity index (χ0v) is 11.5. The van der Waals surface area contributed by atoms with Gasteiger partial charge in [0.15, 0.2) is 9.84 Å². The molecule has 0 fully saturated rings. The first-order valence-corrected chi connectivity index (χ1v) is 7.47. The highest BCUT2D eigenvalue weighted by molar-refractivity contribution is 7.93. The molecule has 0 aliphatic carbocycles. The molecule has 5 nitrogen and oxygen atoms in total. The third-order valence-electron chi connectivity index (χ3n) is 2.34. The maximum absolute atomic E-state index is 11.6. The Bertz CT molecular complexity index is 512. The van der Waals surface area contributed by atoms with E-state index in [1.807, 2.05) is 0 Å². The molecular weight excluding hydrogens is 276 g/mol. The van der Waals surface area contributed by atoms with Crippen LogP contribution in [0.15, 0.2) is 24.3 Å². The van der Waals surface area contributed by atoms with Gasteiger partial charge < -0.3 is 11.1 Å². The van der Waals surface area contributed by atoms with E-state index in [0.717, 1.165) is 0 Å². The number of benzene rings is 1. The van der Waals surface area contributed by atoms with Crippen LogP contribution in [0.5, 0.6) is 0 Å². The van der Waals surface area contributed by atoms with Gasteiger partial charge >= 0.3 is 0 Å². The number of nitrogens with two attached hydrogens (primary N) is 1. The van der Waals surface area contributed by atoms with Crippen LogP contribution in [0.2, 0.25) is 0 Å². The standard InChI is InChI=1S/C11H15ClN2O3S/c1-8(12)18(16,17)7-6-14-11(15)9-2-4-10(13)5-3-9/h2-5,8H,6-7,13H2,1H3,(H,14,15). The Hall–Kier alpha value is -1.27. The second-order valence-corrected chi connectivity index (χ2v) is 7.14. The van der Waals surface area contributed by atoms with Crippen molar-refractivity contribution in [3.05, 3.63) is 29.8 Å². The minimum Gasteiger partial charge on any atom is -0.399 e. The molecule has 1 amide bonds. The highest BCUT2D eigenvalue weighted by Crippen LogP contribution is 2.07. The predicted octanol–water partition coefficient (Wildman–Crippen LogP) is 0.998. The number of carbonyl (C=O) groups is 1. The minimum absolute atomic E-state index is 0.0304. The third-order valence-corrected chi connectivity index (χ3v) is 4.92. The number of rotatable bonds is 5. The highest BCUT2D eigenvalue weighted by atomic mass is 35.5. The van der Waals surface area contributed by atoms with Gasteiger partial charge in [-0.3, -0.25) is 4.79 Å². The summed E-state index contributed by atoms with van der Waals surface area (Å²) in [7, 11) is -3.35. The van der Waals surface area contributed by atoms with Crippen LogP contribution in [-0.4, -0.2) is 31.3 Å². The Balaban J connectivity index is 2.50.